The fourth-order valence-corrected chi connectivity index (χ4v) is 3.97. The SMILES string of the molecule is COc1cccc(/C=C2\CC[C@H](C3CCCC3)C2=O)c1OC. The van der Waals surface area contributed by atoms with Crippen LogP contribution in [0.1, 0.15) is 44.1 Å². The Morgan fingerprint density at radius 3 is 2.55 bits per heavy atom. The quantitative estimate of drug-likeness (QED) is 0.780. The molecule has 0 aromatic heterocycles. The van der Waals surface area contributed by atoms with Crippen molar-refractivity contribution in [2.75, 3.05) is 14.2 Å². The van der Waals surface area contributed by atoms with Gasteiger partial charge in [0.25, 0.3) is 0 Å². The minimum absolute atomic E-state index is 0.255. The van der Waals surface area contributed by atoms with Crippen LogP contribution in [-0.2, 0) is 4.79 Å². The second-order valence-electron chi connectivity index (χ2n) is 6.31. The van der Waals surface area contributed by atoms with Crippen molar-refractivity contribution < 1.29 is 14.3 Å². The number of benzene rings is 1. The van der Waals surface area contributed by atoms with Gasteiger partial charge in [-0.15, -0.1) is 0 Å². The van der Waals surface area contributed by atoms with Gasteiger partial charge in [-0.2, -0.15) is 0 Å². The molecule has 0 aliphatic heterocycles. The lowest BCUT2D eigenvalue weighted by molar-refractivity contribution is -0.119. The largest absolute Gasteiger partial charge is 0.493 e. The van der Waals surface area contributed by atoms with Gasteiger partial charge >= 0.3 is 0 Å². The van der Waals surface area contributed by atoms with Gasteiger partial charge in [-0.05, 0) is 49.3 Å². The summed E-state index contributed by atoms with van der Waals surface area (Å²) in [6, 6.07) is 5.78. The van der Waals surface area contributed by atoms with Gasteiger partial charge in [-0.3, -0.25) is 4.79 Å². The number of Topliss-reactive ketones (excluding diaryl/α,β-unsaturated/α-hetero) is 1. The summed E-state index contributed by atoms with van der Waals surface area (Å²) in [6.07, 6.45) is 8.94. The Morgan fingerprint density at radius 1 is 1.09 bits per heavy atom. The first-order chi connectivity index (χ1) is 10.7. The molecule has 0 amide bonds. The second-order valence-corrected chi connectivity index (χ2v) is 6.31. The van der Waals surface area contributed by atoms with E-state index in [4.69, 9.17) is 9.47 Å². The van der Waals surface area contributed by atoms with E-state index in [9.17, 15) is 4.79 Å². The topological polar surface area (TPSA) is 35.5 Å². The number of carbonyl (C=O) groups is 1. The second kappa shape index (κ2) is 6.55. The lowest BCUT2D eigenvalue weighted by atomic mass is 9.88. The first-order valence-corrected chi connectivity index (χ1v) is 8.20. The minimum atomic E-state index is 0.255. The highest BCUT2D eigenvalue weighted by Crippen LogP contribution is 2.41. The van der Waals surface area contributed by atoms with Gasteiger partial charge < -0.3 is 9.47 Å². The first kappa shape index (κ1) is 15.1. The Balaban J connectivity index is 1.85. The van der Waals surface area contributed by atoms with E-state index in [0.717, 1.165) is 24.0 Å². The summed E-state index contributed by atoms with van der Waals surface area (Å²) in [5.41, 5.74) is 1.88. The van der Waals surface area contributed by atoms with Crippen molar-refractivity contribution in [2.45, 2.75) is 38.5 Å². The summed E-state index contributed by atoms with van der Waals surface area (Å²) in [5, 5.41) is 0. The molecule has 2 aliphatic rings. The first-order valence-electron chi connectivity index (χ1n) is 8.20. The van der Waals surface area contributed by atoms with Gasteiger partial charge in [0, 0.05) is 11.5 Å². The van der Waals surface area contributed by atoms with Crippen LogP contribution >= 0.6 is 0 Å². The third kappa shape index (κ3) is 2.77. The highest BCUT2D eigenvalue weighted by atomic mass is 16.5. The third-order valence-electron chi connectivity index (χ3n) is 5.11. The third-order valence-corrected chi connectivity index (χ3v) is 5.11. The Labute approximate surface area is 132 Å². The highest BCUT2D eigenvalue weighted by molar-refractivity contribution is 6.03. The zero-order valence-electron chi connectivity index (χ0n) is 13.4. The number of ether oxygens (including phenoxy) is 2. The number of methoxy groups -OCH3 is 2. The van der Waals surface area contributed by atoms with Gasteiger partial charge in [0.2, 0.25) is 0 Å². The van der Waals surface area contributed by atoms with E-state index in [1.54, 1.807) is 14.2 Å². The number of rotatable bonds is 4. The van der Waals surface area contributed by atoms with Crippen molar-refractivity contribution >= 4 is 11.9 Å². The molecular weight excluding hydrogens is 276 g/mol. The Kier molecular flexibility index (Phi) is 4.51. The molecule has 0 N–H and O–H groups in total. The molecule has 0 heterocycles. The zero-order chi connectivity index (χ0) is 15.5. The number of allylic oxidation sites excluding steroid dienone is 1. The molecule has 0 radical (unpaired) electrons. The molecular formula is C19H24O3. The predicted octanol–water partition coefficient (Wildman–Crippen LogP) is 4.26. The van der Waals surface area contributed by atoms with Crippen LogP contribution in [0.3, 0.4) is 0 Å². The van der Waals surface area contributed by atoms with Crippen LogP contribution in [0.15, 0.2) is 23.8 Å². The Bertz CT molecular complexity index is 582. The normalized spacial score (nSPS) is 24.2. The molecule has 3 nitrogen and oxygen atoms in total. The van der Waals surface area contributed by atoms with Crippen LogP contribution in [0.25, 0.3) is 6.08 Å². The molecule has 2 aliphatic carbocycles. The lowest BCUT2D eigenvalue weighted by Gasteiger charge is -2.15. The molecule has 118 valence electrons. The summed E-state index contributed by atoms with van der Waals surface area (Å²) in [7, 11) is 3.27. The van der Waals surface area contributed by atoms with Crippen molar-refractivity contribution in [3.05, 3.63) is 29.3 Å². The van der Waals surface area contributed by atoms with E-state index in [0.29, 0.717) is 23.2 Å². The molecule has 0 bridgehead atoms. The number of carbonyl (C=O) groups excluding carboxylic acids is 1. The van der Waals surface area contributed by atoms with Crippen molar-refractivity contribution in [1.29, 1.82) is 0 Å². The fraction of sp³-hybridized carbons (Fsp3) is 0.526. The zero-order valence-corrected chi connectivity index (χ0v) is 13.4. The van der Waals surface area contributed by atoms with Crippen LogP contribution < -0.4 is 9.47 Å². The number of para-hydroxylation sites is 1. The van der Waals surface area contributed by atoms with E-state index in [1.165, 1.54) is 25.7 Å². The molecule has 3 rings (SSSR count). The van der Waals surface area contributed by atoms with Crippen LogP contribution in [0.5, 0.6) is 11.5 Å². The lowest BCUT2D eigenvalue weighted by Crippen LogP contribution is -2.16. The van der Waals surface area contributed by atoms with Crippen molar-refractivity contribution in [1.82, 2.24) is 0 Å². The van der Waals surface area contributed by atoms with E-state index < -0.39 is 0 Å². The highest BCUT2D eigenvalue weighted by Gasteiger charge is 2.36. The molecule has 0 saturated heterocycles. The molecule has 22 heavy (non-hydrogen) atoms. The maximum atomic E-state index is 12.7. The number of hydrogen-bond acceptors (Lipinski definition) is 3. The maximum Gasteiger partial charge on any atom is 0.167 e. The molecule has 3 heteroatoms. The molecule has 0 unspecified atom stereocenters. The van der Waals surface area contributed by atoms with Gasteiger partial charge in [-0.25, -0.2) is 0 Å². The minimum Gasteiger partial charge on any atom is -0.493 e. The standard InChI is InChI=1S/C19H24O3/c1-21-17-9-5-8-15(19(17)22-2)12-14-10-11-16(18(14)20)13-6-3-4-7-13/h5,8-9,12-13,16H,3-4,6-7,10-11H2,1-2H3/b14-12+/t16-/m1/s1. The summed E-state index contributed by atoms with van der Waals surface area (Å²) in [6.45, 7) is 0. The summed E-state index contributed by atoms with van der Waals surface area (Å²) < 4.78 is 10.8. The predicted molar refractivity (Wildman–Crippen MR) is 87.2 cm³/mol. The molecule has 2 saturated carbocycles. The van der Waals surface area contributed by atoms with Crippen molar-refractivity contribution in [3.63, 3.8) is 0 Å². The smallest absolute Gasteiger partial charge is 0.167 e. The summed E-state index contributed by atoms with van der Waals surface area (Å²) >= 11 is 0. The van der Waals surface area contributed by atoms with Gasteiger partial charge in [0.05, 0.1) is 14.2 Å². The van der Waals surface area contributed by atoms with Crippen molar-refractivity contribution in [3.8, 4) is 11.5 Å². The fourth-order valence-electron chi connectivity index (χ4n) is 3.97. The Hall–Kier alpha value is -1.77. The van der Waals surface area contributed by atoms with E-state index >= 15 is 0 Å². The summed E-state index contributed by atoms with van der Waals surface area (Å²) in [5.74, 6) is 2.64. The Morgan fingerprint density at radius 2 is 1.86 bits per heavy atom. The molecule has 2 fully saturated rings. The molecule has 0 spiro atoms. The van der Waals surface area contributed by atoms with E-state index in [1.807, 2.05) is 24.3 Å². The van der Waals surface area contributed by atoms with E-state index in [2.05, 4.69) is 0 Å². The maximum absolute atomic E-state index is 12.7. The van der Waals surface area contributed by atoms with Crippen LogP contribution in [0.2, 0.25) is 0 Å². The van der Waals surface area contributed by atoms with E-state index in [-0.39, 0.29) is 5.92 Å². The average molecular weight is 300 g/mol. The van der Waals surface area contributed by atoms with Crippen LogP contribution in [0, 0.1) is 11.8 Å². The monoisotopic (exact) mass is 300 g/mol. The van der Waals surface area contributed by atoms with Gasteiger partial charge in [0.1, 0.15) is 0 Å². The molecule has 1 aromatic carbocycles. The van der Waals surface area contributed by atoms with Crippen molar-refractivity contribution in [2.24, 2.45) is 11.8 Å². The molecule has 1 atom stereocenters. The number of hydrogen-bond donors (Lipinski definition) is 0. The summed E-state index contributed by atoms with van der Waals surface area (Å²) in [4.78, 5) is 12.7. The van der Waals surface area contributed by atoms with Crippen LogP contribution in [0.4, 0.5) is 0 Å². The van der Waals surface area contributed by atoms with Gasteiger partial charge in [-0.1, -0.05) is 25.0 Å². The number of ketones is 1. The van der Waals surface area contributed by atoms with Crippen LogP contribution in [-0.4, -0.2) is 20.0 Å². The molecule has 1 aromatic rings. The van der Waals surface area contributed by atoms with Gasteiger partial charge in [0.15, 0.2) is 17.3 Å². The average Bonchev–Trinajstić information content (AvgIpc) is 3.18.